The lowest BCUT2D eigenvalue weighted by Crippen LogP contribution is -2.36. The highest BCUT2D eigenvalue weighted by molar-refractivity contribution is 5.99. The van der Waals surface area contributed by atoms with E-state index in [2.05, 4.69) is 15.6 Å². The molecule has 0 saturated heterocycles. The fraction of sp³-hybridized carbons (Fsp3) is 0.300. The summed E-state index contributed by atoms with van der Waals surface area (Å²) in [5, 5.41) is 6.98. The van der Waals surface area contributed by atoms with E-state index in [9.17, 15) is 9.18 Å². The number of pyridine rings is 1. The Kier molecular flexibility index (Phi) is 4.56. The summed E-state index contributed by atoms with van der Waals surface area (Å²) in [6.07, 6.45) is 7.10. The number of amides is 1. The van der Waals surface area contributed by atoms with Crippen molar-refractivity contribution in [3.05, 3.63) is 54.2 Å². The largest absolute Gasteiger partial charge is 0.464 e. The molecule has 134 valence electrons. The summed E-state index contributed by atoms with van der Waals surface area (Å²) in [5.41, 5.74) is 1.58. The summed E-state index contributed by atoms with van der Waals surface area (Å²) in [7, 11) is 0. The number of fused-ring (bicyclic) bond motifs is 1. The van der Waals surface area contributed by atoms with Crippen LogP contribution in [0.1, 0.15) is 42.6 Å². The number of hydrogen-bond acceptors (Lipinski definition) is 4. The highest BCUT2D eigenvalue weighted by atomic mass is 19.1. The number of benzene rings is 1. The van der Waals surface area contributed by atoms with Gasteiger partial charge in [0.2, 0.25) is 0 Å². The molecule has 6 heteroatoms. The van der Waals surface area contributed by atoms with Gasteiger partial charge in [-0.25, -0.2) is 9.37 Å². The van der Waals surface area contributed by atoms with Crippen molar-refractivity contribution in [2.75, 3.05) is 5.32 Å². The average molecular weight is 353 g/mol. The monoisotopic (exact) mass is 353 g/mol. The summed E-state index contributed by atoms with van der Waals surface area (Å²) in [6, 6.07) is 9.64. The molecule has 1 saturated carbocycles. The normalized spacial score (nSPS) is 15.1. The minimum absolute atomic E-state index is 0.197. The number of carbonyl (C=O) groups excluding carboxylic acids is 1. The Labute approximate surface area is 150 Å². The van der Waals surface area contributed by atoms with Gasteiger partial charge in [-0.05, 0) is 43.2 Å². The van der Waals surface area contributed by atoms with Crippen molar-refractivity contribution in [2.24, 2.45) is 0 Å². The minimum Gasteiger partial charge on any atom is -0.464 e. The third-order valence-electron chi connectivity index (χ3n) is 4.73. The van der Waals surface area contributed by atoms with Crippen LogP contribution < -0.4 is 10.6 Å². The number of furan rings is 1. The molecule has 0 radical (unpaired) electrons. The Morgan fingerprint density at radius 3 is 2.65 bits per heavy atom. The van der Waals surface area contributed by atoms with Crippen LogP contribution in [-0.4, -0.2) is 16.9 Å². The van der Waals surface area contributed by atoms with Crippen molar-refractivity contribution in [1.82, 2.24) is 10.3 Å². The predicted octanol–water partition coefficient (Wildman–Crippen LogP) is 4.77. The van der Waals surface area contributed by atoms with Crippen LogP contribution in [0.5, 0.6) is 0 Å². The third-order valence-corrected chi connectivity index (χ3v) is 4.73. The topological polar surface area (TPSA) is 67.2 Å². The fourth-order valence-corrected chi connectivity index (χ4v) is 3.35. The lowest BCUT2D eigenvalue weighted by atomic mass is 9.95. The summed E-state index contributed by atoms with van der Waals surface area (Å²) >= 11 is 0. The Balaban J connectivity index is 1.61. The van der Waals surface area contributed by atoms with Crippen molar-refractivity contribution >= 4 is 28.4 Å². The average Bonchev–Trinajstić information content (AvgIpc) is 3.13. The lowest BCUT2D eigenvalue weighted by molar-refractivity contribution is 0.0923. The number of hydrogen-bond donors (Lipinski definition) is 2. The van der Waals surface area contributed by atoms with Crippen LogP contribution in [0.2, 0.25) is 0 Å². The minimum atomic E-state index is -0.308. The van der Waals surface area contributed by atoms with Crippen LogP contribution >= 0.6 is 0 Å². The van der Waals surface area contributed by atoms with Gasteiger partial charge in [0, 0.05) is 17.8 Å². The number of rotatable bonds is 4. The molecule has 1 aliphatic carbocycles. The first-order valence-electron chi connectivity index (χ1n) is 8.91. The standard InChI is InChI=1S/C20H20FN3O2/c21-13-6-8-15(9-7-13)22-19-16-10-11-26-18(16)12-17(24-19)20(25)23-14-4-2-1-3-5-14/h6-12,14H,1-5H2,(H,22,24)(H,23,25). The molecule has 0 bridgehead atoms. The molecule has 2 N–H and O–H groups in total. The van der Waals surface area contributed by atoms with Gasteiger partial charge in [0.15, 0.2) is 0 Å². The van der Waals surface area contributed by atoms with Crippen LogP contribution in [0.15, 0.2) is 47.1 Å². The van der Waals surface area contributed by atoms with Gasteiger partial charge in [-0.3, -0.25) is 4.79 Å². The summed E-state index contributed by atoms with van der Waals surface area (Å²) in [5.74, 6) is 0.00610. The molecular weight excluding hydrogens is 333 g/mol. The molecule has 2 heterocycles. The maximum Gasteiger partial charge on any atom is 0.270 e. The van der Waals surface area contributed by atoms with Crippen LogP contribution in [0.25, 0.3) is 11.0 Å². The molecular formula is C20H20FN3O2. The summed E-state index contributed by atoms with van der Waals surface area (Å²) < 4.78 is 18.6. The zero-order valence-electron chi connectivity index (χ0n) is 14.3. The van der Waals surface area contributed by atoms with Gasteiger partial charge in [0.25, 0.3) is 5.91 Å². The molecule has 1 aliphatic rings. The van der Waals surface area contributed by atoms with Gasteiger partial charge in [-0.1, -0.05) is 19.3 Å². The van der Waals surface area contributed by atoms with Crippen molar-refractivity contribution in [2.45, 2.75) is 38.1 Å². The van der Waals surface area contributed by atoms with Crippen LogP contribution in [0, 0.1) is 5.82 Å². The van der Waals surface area contributed by atoms with Crippen LogP contribution in [-0.2, 0) is 0 Å². The second-order valence-corrected chi connectivity index (χ2v) is 6.63. The van der Waals surface area contributed by atoms with E-state index in [1.165, 1.54) is 18.6 Å². The molecule has 0 spiro atoms. The molecule has 26 heavy (non-hydrogen) atoms. The van der Waals surface area contributed by atoms with E-state index in [1.54, 1.807) is 30.5 Å². The van der Waals surface area contributed by atoms with Gasteiger partial charge in [0.1, 0.15) is 22.9 Å². The number of nitrogens with one attached hydrogen (secondary N) is 2. The lowest BCUT2D eigenvalue weighted by Gasteiger charge is -2.22. The van der Waals surface area contributed by atoms with E-state index in [0.29, 0.717) is 22.8 Å². The zero-order valence-corrected chi connectivity index (χ0v) is 14.3. The molecule has 0 unspecified atom stereocenters. The summed E-state index contributed by atoms with van der Waals surface area (Å²) in [4.78, 5) is 17.1. The molecule has 3 aromatic rings. The first-order chi connectivity index (χ1) is 12.7. The molecule has 1 fully saturated rings. The SMILES string of the molecule is O=C(NC1CCCCC1)c1cc2occc2c(Nc2ccc(F)cc2)n1. The van der Waals surface area contributed by atoms with E-state index in [4.69, 9.17) is 4.42 Å². The quantitative estimate of drug-likeness (QED) is 0.709. The zero-order chi connectivity index (χ0) is 17.9. The molecule has 0 atom stereocenters. The third kappa shape index (κ3) is 3.54. The number of halogens is 1. The van der Waals surface area contributed by atoms with Crippen molar-refractivity contribution < 1.29 is 13.6 Å². The van der Waals surface area contributed by atoms with Crippen LogP contribution in [0.3, 0.4) is 0 Å². The van der Waals surface area contributed by atoms with E-state index < -0.39 is 0 Å². The molecule has 4 rings (SSSR count). The fourth-order valence-electron chi connectivity index (χ4n) is 3.35. The predicted molar refractivity (Wildman–Crippen MR) is 98.0 cm³/mol. The number of carbonyl (C=O) groups is 1. The Morgan fingerprint density at radius 2 is 1.88 bits per heavy atom. The molecule has 1 aromatic carbocycles. The van der Waals surface area contributed by atoms with E-state index in [1.807, 2.05) is 0 Å². The van der Waals surface area contributed by atoms with E-state index >= 15 is 0 Å². The highest BCUT2D eigenvalue weighted by Gasteiger charge is 2.19. The number of aromatic nitrogens is 1. The second kappa shape index (κ2) is 7.15. The molecule has 2 aromatic heterocycles. The van der Waals surface area contributed by atoms with Gasteiger partial charge < -0.3 is 15.1 Å². The molecule has 5 nitrogen and oxygen atoms in total. The number of nitrogens with zero attached hydrogens (tertiary/aromatic N) is 1. The first-order valence-corrected chi connectivity index (χ1v) is 8.91. The maximum atomic E-state index is 13.1. The van der Waals surface area contributed by atoms with Gasteiger partial charge in [0.05, 0.1) is 11.6 Å². The molecule has 0 aliphatic heterocycles. The van der Waals surface area contributed by atoms with Crippen molar-refractivity contribution in [3.8, 4) is 0 Å². The van der Waals surface area contributed by atoms with Gasteiger partial charge >= 0.3 is 0 Å². The second-order valence-electron chi connectivity index (χ2n) is 6.63. The highest BCUT2D eigenvalue weighted by Crippen LogP contribution is 2.27. The first kappa shape index (κ1) is 16.6. The summed E-state index contributed by atoms with van der Waals surface area (Å²) in [6.45, 7) is 0. The smallest absolute Gasteiger partial charge is 0.270 e. The Hall–Kier alpha value is -2.89. The van der Waals surface area contributed by atoms with E-state index in [0.717, 1.165) is 31.1 Å². The van der Waals surface area contributed by atoms with Gasteiger partial charge in [-0.15, -0.1) is 0 Å². The van der Waals surface area contributed by atoms with Crippen LogP contribution in [0.4, 0.5) is 15.9 Å². The van der Waals surface area contributed by atoms with E-state index in [-0.39, 0.29) is 17.8 Å². The molecule has 1 amide bonds. The Morgan fingerprint density at radius 1 is 1.12 bits per heavy atom. The maximum absolute atomic E-state index is 13.1. The number of anilines is 2. The van der Waals surface area contributed by atoms with Gasteiger partial charge in [-0.2, -0.15) is 0 Å². The Bertz CT molecular complexity index is 914. The van der Waals surface area contributed by atoms with Crippen molar-refractivity contribution in [1.29, 1.82) is 0 Å². The van der Waals surface area contributed by atoms with Crippen molar-refractivity contribution in [3.63, 3.8) is 0 Å².